The van der Waals surface area contributed by atoms with Gasteiger partial charge in [0, 0.05) is 25.6 Å². The molecule has 136 valence electrons. The highest BCUT2D eigenvalue weighted by Crippen LogP contribution is 2.32. The Morgan fingerprint density at radius 1 is 1.15 bits per heavy atom. The van der Waals surface area contributed by atoms with E-state index in [1.54, 1.807) is 30.3 Å². The van der Waals surface area contributed by atoms with Crippen molar-refractivity contribution in [2.75, 3.05) is 13.3 Å². The molecule has 0 aliphatic carbocycles. The SMILES string of the molecule is CC(=O)N(CC(=O)NCc1ccc2c(c1)OCO2)Cc1ccccc1F. The van der Waals surface area contributed by atoms with Gasteiger partial charge in [-0.25, -0.2) is 4.39 Å². The molecule has 26 heavy (non-hydrogen) atoms. The van der Waals surface area contributed by atoms with Gasteiger partial charge < -0.3 is 19.7 Å². The van der Waals surface area contributed by atoms with Crippen molar-refractivity contribution in [3.05, 3.63) is 59.4 Å². The first-order valence-electron chi connectivity index (χ1n) is 8.17. The van der Waals surface area contributed by atoms with Crippen molar-refractivity contribution in [2.24, 2.45) is 0 Å². The number of rotatable bonds is 6. The molecule has 6 nitrogen and oxygen atoms in total. The molecular formula is C19H19FN2O4. The fraction of sp³-hybridized carbons (Fsp3) is 0.263. The predicted octanol–water partition coefficient (Wildman–Crippen LogP) is 2.22. The first-order valence-corrected chi connectivity index (χ1v) is 8.17. The van der Waals surface area contributed by atoms with Crippen LogP contribution in [0.25, 0.3) is 0 Å². The number of nitrogens with one attached hydrogen (secondary N) is 1. The summed E-state index contributed by atoms with van der Waals surface area (Å²) in [5.41, 5.74) is 1.22. The summed E-state index contributed by atoms with van der Waals surface area (Å²) >= 11 is 0. The van der Waals surface area contributed by atoms with E-state index >= 15 is 0 Å². The van der Waals surface area contributed by atoms with Crippen LogP contribution < -0.4 is 14.8 Å². The molecule has 3 rings (SSSR count). The van der Waals surface area contributed by atoms with Crippen LogP contribution in [-0.4, -0.2) is 30.1 Å². The van der Waals surface area contributed by atoms with Crippen LogP contribution >= 0.6 is 0 Å². The number of carbonyl (C=O) groups excluding carboxylic acids is 2. The van der Waals surface area contributed by atoms with Gasteiger partial charge in [0.2, 0.25) is 18.6 Å². The fourth-order valence-electron chi connectivity index (χ4n) is 2.59. The number of benzene rings is 2. The molecule has 0 unspecified atom stereocenters. The third-order valence-corrected chi connectivity index (χ3v) is 4.03. The van der Waals surface area contributed by atoms with E-state index in [2.05, 4.69) is 5.32 Å². The van der Waals surface area contributed by atoms with Gasteiger partial charge >= 0.3 is 0 Å². The lowest BCUT2D eigenvalue weighted by molar-refractivity contribution is -0.135. The maximum absolute atomic E-state index is 13.8. The molecule has 2 aromatic rings. The molecule has 1 N–H and O–H groups in total. The van der Waals surface area contributed by atoms with Crippen molar-refractivity contribution in [1.82, 2.24) is 10.2 Å². The highest BCUT2D eigenvalue weighted by atomic mass is 19.1. The summed E-state index contributed by atoms with van der Waals surface area (Å²) in [6, 6.07) is 11.6. The molecule has 2 amide bonds. The van der Waals surface area contributed by atoms with Gasteiger partial charge in [-0.1, -0.05) is 24.3 Å². The standard InChI is InChI=1S/C19H19FN2O4/c1-13(23)22(10-15-4-2-3-5-16(15)20)11-19(24)21-9-14-6-7-17-18(8-14)26-12-25-17/h2-8H,9-12H2,1H3,(H,21,24). The average Bonchev–Trinajstić information content (AvgIpc) is 3.09. The molecule has 0 radical (unpaired) electrons. The number of nitrogens with zero attached hydrogens (tertiary/aromatic N) is 1. The van der Waals surface area contributed by atoms with E-state index < -0.39 is 5.82 Å². The van der Waals surface area contributed by atoms with Crippen molar-refractivity contribution >= 4 is 11.8 Å². The Morgan fingerprint density at radius 2 is 1.92 bits per heavy atom. The molecule has 0 spiro atoms. The van der Waals surface area contributed by atoms with Crippen molar-refractivity contribution in [3.8, 4) is 11.5 Å². The Hall–Kier alpha value is -3.09. The quantitative estimate of drug-likeness (QED) is 0.860. The third-order valence-electron chi connectivity index (χ3n) is 4.03. The van der Waals surface area contributed by atoms with E-state index in [1.165, 1.54) is 17.9 Å². The van der Waals surface area contributed by atoms with E-state index in [4.69, 9.17) is 9.47 Å². The lowest BCUT2D eigenvalue weighted by atomic mass is 10.2. The number of hydrogen-bond donors (Lipinski definition) is 1. The summed E-state index contributed by atoms with van der Waals surface area (Å²) in [4.78, 5) is 25.3. The van der Waals surface area contributed by atoms with E-state index in [-0.39, 0.29) is 31.7 Å². The highest BCUT2D eigenvalue weighted by Gasteiger charge is 2.17. The number of halogens is 1. The van der Waals surface area contributed by atoms with Crippen molar-refractivity contribution in [1.29, 1.82) is 0 Å². The summed E-state index contributed by atoms with van der Waals surface area (Å²) in [6.07, 6.45) is 0. The summed E-state index contributed by atoms with van der Waals surface area (Å²) < 4.78 is 24.3. The molecule has 0 bridgehead atoms. The monoisotopic (exact) mass is 358 g/mol. The van der Waals surface area contributed by atoms with Crippen LogP contribution in [0.1, 0.15) is 18.1 Å². The van der Waals surface area contributed by atoms with Gasteiger partial charge in [0.25, 0.3) is 0 Å². The lowest BCUT2D eigenvalue weighted by Crippen LogP contribution is -2.39. The average molecular weight is 358 g/mol. The van der Waals surface area contributed by atoms with Gasteiger partial charge in [0.15, 0.2) is 11.5 Å². The zero-order valence-corrected chi connectivity index (χ0v) is 14.3. The Labute approximate surface area is 150 Å². The first-order chi connectivity index (χ1) is 12.5. The second-order valence-electron chi connectivity index (χ2n) is 5.93. The van der Waals surface area contributed by atoms with E-state index in [9.17, 15) is 14.0 Å². The minimum atomic E-state index is -0.403. The van der Waals surface area contributed by atoms with Crippen molar-refractivity contribution < 1.29 is 23.5 Å². The maximum atomic E-state index is 13.8. The molecule has 1 aliphatic rings. The predicted molar refractivity (Wildman–Crippen MR) is 91.9 cm³/mol. The Kier molecular flexibility index (Phi) is 5.36. The molecule has 1 aliphatic heterocycles. The van der Waals surface area contributed by atoms with Gasteiger partial charge in [0.05, 0.1) is 6.54 Å². The molecular weight excluding hydrogens is 339 g/mol. The molecule has 0 saturated heterocycles. The molecule has 2 aromatic carbocycles. The Morgan fingerprint density at radius 3 is 2.69 bits per heavy atom. The van der Waals surface area contributed by atoms with Crippen molar-refractivity contribution in [3.63, 3.8) is 0 Å². The smallest absolute Gasteiger partial charge is 0.239 e. The summed E-state index contributed by atoms with van der Waals surface area (Å²) in [5, 5.41) is 2.75. The Bertz CT molecular complexity index is 825. The second kappa shape index (κ2) is 7.86. The topological polar surface area (TPSA) is 67.9 Å². The number of amides is 2. The summed E-state index contributed by atoms with van der Waals surface area (Å²) in [7, 11) is 0. The van der Waals surface area contributed by atoms with Gasteiger partial charge in [-0.2, -0.15) is 0 Å². The second-order valence-corrected chi connectivity index (χ2v) is 5.93. The van der Waals surface area contributed by atoms with Gasteiger partial charge in [-0.15, -0.1) is 0 Å². The molecule has 0 atom stereocenters. The number of hydrogen-bond acceptors (Lipinski definition) is 4. The van der Waals surface area contributed by atoms with Gasteiger partial charge in [-0.3, -0.25) is 9.59 Å². The van der Waals surface area contributed by atoms with Crippen LogP contribution in [0.4, 0.5) is 4.39 Å². The molecule has 7 heteroatoms. The lowest BCUT2D eigenvalue weighted by Gasteiger charge is -2.21. The van der Waals surface area contributed by atoms with Gasteiger partial charge in [-0.05, 0) is 23.8 Å². The highest BCUT2D eigenvalue weighted by molar-refractivity contribution is 5.83. The van der Waals surface area contributed by atoms with Crippen LogP contribution in [0, 0.1) is 5.82 Å². The van der Waals surface area contributed by atoms with Crippen LogP contribution in [0.5, 0.6) is 11.5 Å². The number of ether oxygens (including phenoxy) is 2. The van der Waals surface area contributed by atoms with Crippen LogP contribution in [0.15, 0.2) is 42.5 Å². The summed E-state index contributed by atoms with van der Waals surface area (Å²) in [6.45, 7) is 1.73. The van der Waals surface area contributed by atoms with E-state index in [0.717, 1.165) is 5.56 Å². The zero-order chi connectivity index (χ0) is 18.5. The maximum Gasteiger partial charge on any atom is 0.239 e. The number of carbonyl (C=O) groups is 2. The van der Waals surface area contributed by atoms with Gasteiger partial charge in [0.1, 0.15) is 5.82 Å². The molecule has 0 fully saturated rings. The molecule has 0 saturated carbocycles. The van der Waals surface area contributed by atoms with Crippen LogP contribution in [0.2, 0.25) is 0 Å². The minimum absolute atomic E-state index is 0.0411. The minimum Gasteiger partial charge on any atom is -0.454 e. The van der Waals surface area contributed by atoms with E-state index in [0.29, 0.717) is 23.6 Å². The van der Waals surface area contributed by atoms with Crippen LogP contribution in [-0.2, 0) is 22.7 Å². The normalized spacial score (nSPS) is 11.9. The van der Waals surface area contributed by atoms with E-state index in [1.807, 2.05) is 6.07 Å². The zero-order valence-electron chi connectivity index (χ0n) is 14.3. The third kappa shape index (κ3) is 4.30. The number of fused-ring (bicyclic) bond motifs is 1. The first kappa shape index (κ1) is 17.7. The summed E-state index contributed by atoms with van der Waals surface area (Å²) in [5.74, 6) is 0.287. The fourth-order valence-corrected chi connectivity index (χ4v) is 2.59. The van der Waals surface area contributed by atoms with Crippen molar-refractivity contribution in [2.45, 2.75) is 20.0 Å². The van der Waals surface area contributed by atoms with Crippen LogP contribution in [0.3, 0.4) is 0 Å². The molecule has 0 aromatic heterocycles. The Balaban J connectivity index is 1.56. The largest absolute Gasteiger partial charge is 0.454 e. The molecule has 1 heterocycles.